The van der Waals surface area contributed by atoms with E-state index in [9.17, 15) is 18.6 Å². The Hall–Kier alpha value is -1.84. The molecule has 0 bridgehead atoms. The summed E-state index contributed by atoms with van der Waals surface area (Å²) < 4.78 is 39.5. The fraction of sp³-hybridized carbons (Fsp3) is 0.400. The number of piperidine rings is 1. The van der Waals surface area contributed by atoms with Gasteiger partial charge in [-0.25, -0.2) is 4.39 Å². The summed E-state index contributed by atoms with van der Waals surface area (Å²) >= 11 is 0. The average Bonchev–Trinajstić information content (AvgIpc) is 2.90. The molecule has 28 heavy (non-hydrogen) atoms. The third-order valence-electron chi connectivity index (χ3n) is 5.81. The Morgan fingerprint density at radius 3 is 2.64 bits per heavy atom. The average molecular weight is 408 g/mol. The fourth-order valence-corrected chi connectivity index (χ4v) is 6.20. The van der Waals surface area contributed by atoms with Crippen molar-refractivity contribution in [1.82, 2.24) is 9.62 Å². The summed E-state index contributed by atoms with van der Waals surface area (Å²) in [6, 6.07) is 13.4. The van der Waals surface area contributed by atoms with Gasteiger partial charge in [0.05, 0.1) is 11.2 Å². The molecule has 0 radical (unpaired) electrons. The molecule has 0 aromatic heterocycles. The zero-order valence-electron chi connectivity index (χ0n) is 15.8. The molecular weight excluding hydrogens is 381 g/mol. The Kier molecular flexibility index (Phi) is 5.01. The number of anilines is 1. The lowest BCUT2D eigenvalue weighted by atomic mass is 9.83. The van der Waals surface area contributed by atoms with Gasteiger partial charge >= 0.3 is 0 Å². The maximum absolute atomic E-state index is 13.8. The first-order valence-electron chi connectivity index (χ1n) is 9.40. The van der Waals surface area contributed by atoms with Crippen molar-refractivity contribution in [3.05, 3.63) is 59.9 Å². The Bertz CT molecular complexity index is 851. The molecule has 2 aliphatic rings. The number of hydrogen-bond donors (Lipinski definition) is 4. The zero-order chi connectivity index (χ0) is 19.9. The minimum atomic E-state index is -3.20. The molecule has 2 aromatic carbocycles. The van der Waals surface area contributed by atoms with Crippen LogP contribution in [-0.4, -0.2) is 43.8 Å². The number of nitrogens with zero attached hydrogens (tertiary/aromatic N) is 2. The number of benzene rings is 2. The monoisotopic (exact) mass is 407 g/mol. The predicted octanol–water partition coefficient (Wildman–Crippen LogP) is 3.94. The van der Waals surface area contributed by atoms with Crippen LogP contribution in [0.5, 0.6) is 5.75 Å². The molecule has 8 heteroatoms. The van der Waals surface area contributed by atoms with Crippen LogP contribution in [0.2, 0.25) is 0 Å². The van der Waals surface area contributed by atoms with Crippen LogP contribution in [0.25, 0.3) is 0 Å². The van der Waals surface area contributed by atoms with E-state index in [1.807, 2.05) is 12.1 Å². The summed E-state index contributed by atoms with van der Waals surface area (Å²) in [4.78, 5) is 2.35. The van der Waals surface area contributed by atoms with Gasteiger partial charge in [0.15, 0.2) is 0 Å². The predicted molar refractivity (Wildman–Crippen MR) is 110 cm³/mol. The van der Waals surface area contributed by atoms with Crippen LogP contribution in [0.4, 0.5) is 10.1 Å². The highest BCUT2D eigenvalue weighted by molar-refractivity contribution is 8.24. The fourth-order valence-electron chi connectivity index (χ4n) is 4.43. The van der Waals surface area contributed by atoms with E-state index in [1.54, 1.807) is 28.6 Å². The number of hydrogen-bond acceptors (Lipinski definition) is 6. The summed E-state index contributed by atoms with van der Waals surface area (Å²) in [5, 5.41) is 9.46. The zero-order valence-corrected chi connectivity index (χ0v) is 16.6. The molecule has 4 rings (SSSR count). The molecule has 0 amide bonds. The van der Waals surface area contributed by atoms with Crippen LogP contribution in [0.3, 0.4) is 0 Å². The van der Waals surface area contributed by atoms with Gasteiger partial charge in [-0.15, -0.1) is 0 Å². The van der Waals surface area contributed by atoms with Crippen LogP contribution in [-0.2, 0) is 6.54 Å². The van der Waals surface area contributed by atoms with Crippen molar-refractivity contribution in [2.75, 3.05) is 17.4 Å². The molecular formula is C20H26FN3O3S. The molecule has 4 N–H and O–H groups in total. The maximum atomic E-state index is 13.8. The molecule has 0 aliphatic carbocycles. The molecule has 2 heterocycles. The van der Waals surface area contributed by atoms with E-state index in [1.165, 1.54) is 12.1 Å². The van der Waals surface area contributed by atoms with Crippen molar-refractivity contribution >= 4 is 16.6 Å². The van der Waals surface area contributed by atoms with Crippen molar-refractivity contribution in [1.29, 1.82) is 0 Å². The van der Waals surface area contributed by atoms with E-state index >= 15 is 0 Å². The van der Waals surface area contributed by atoms with E-state index in [0.29, 0.717) is 12.2 Å². The number of nitrogens with one attached hydrogen (secondary N) is 1. The Morgan fingerprint density at radius 1 is 1.21 bits per heavy atom. The van der Waals surface area contributed by atoms with Crippen molar-refractivity contribution in [2.24, 2.45) is 0 Å². The van der Waals surface area contributed by atoms with Crippen LogP contribution in [0, 0.1) is 5.82 Å². The standard InChI is InChI=1S/C20H26FN3O3S/c1-15-12-20(9-10-23(15)13-16-5-7-19(25)8-6-16)14-22-28(26,27)24(20)18-4-2-3-17(21)11-18/h2-8,11,15,22,25-27H,9-10,12-14H2,1H3/t15-,20+/m0/s1. The van der Waals surface area contributed by atoms with E-state index in [0.717, 1.165) is 31.5 Å². The van der Waals surface area contributed by atoms with Gasteiger partial charge in [-0.3, -0.25) is 18.3 Å². The highest BCUT2D eigenvalue weighted by Gasteiger charge is 2.52. The molecule has 2 fully saturated rings. The Labute approximate surface area is 166 Å². The van der Waals surface area contributed by atoms with Crippen molar-refractivity contribution in [3.8, 4) is 5.75 Å². The van der Waals surface area contributed by atoms with Gasteiger partial charge < -0.3 is 5.11 Å². The summed E-state index contributed by atoms with van der Waals surface area (Å²) in [6.07, 6.45) is 1.46. The highest BCUT2D eigenvalue weighted by atomic mass is 32.3. The second-order valence-corrected chi connectivity index (χ2v) is 9.47. The molecule has 0 unspecified atom stereocenters. The Morgan fingerprint density at radius 2 is 1.96 bits per heavy atom. The van der Waals surface area contributed by atoms with Gasteiger partial charge in [-0.1, -0.05) is 29.2 Å². The number of halogens is 1. The first-order valence-corrected chi connectivity index (χ1v) is 10.9. The summed E-state index contributed by atoms with van der Waals surface area (Å²) in [5.41, 5.74) is 1.14. The van der Waals surface area contributed by atoms with Gasteiger partial charge in [-0.2, -0.15) is 4.72 Å². The summed E-state index contributed by atoms with van der Waals surface area (Å²) in [5.74, 6) is -0.144. The van der Waals surface area contributed by atoms with Crippen LogP contribution < -0.4 is 9.03 Å². The smallest absolute Gasteiger partial charge is 0.125 e. The summed E-state index contributed by atoms with van der Waals surface area (Å²) in [7, 11) is -3.20. The van der Waals surface area contributed by atoms with Gasteiger partial charge in [0, 0.05) is 25.7 Å². The molecule has 2 saturated heterocycles. The van der Waals surface area contributed by atoms with Gasteiger partial charge in [0.1, 0.15) is 11.6 Å². The van der Waals surface area contributed by atoms with E-state index < -0.39 is 22.3 Å². The normalized spacial score (nSPS) is 28.6. The Balaban J connectivity index is 1.56. The largest absolute Gasteiger partial charge is 0.508 e. The molecule has 6 nitrogen and oxygen atoms in total. The number of aromatic hydroxyl groups is 1. The SMILES string of the molecule is C[C@H]1C[C@]2(CCN1Cc1ccc(O)cc1)CNS(O)(O)N2c1cccc(F)c1. The maximum Gasteiger partial charge on any atom is 0.125 e. The minimum Gasteiger partial charge on any atom is -0.508 e. The van der Waals surface area contributed by atoms with Gasteiger partial charge in [0.25, 0.3) is 0 Å². The van der Waals surface area contributed by atoms with Crippen molar-refractivity contribution in [2.45, 2.75) is 37.9 Å². The number of phenolic OH excluding ortho intramolecular Hbond substituents is 1. The first kappa shape index (κ1) is 19.5. The third kappa shape index (κ3) is 3.58. The molecule has 0 saturated carbocycles. The lowest BCUT2D eigenvalue weighted by Gasteiger charge is -2.51. The number of phenols is 1. The van der Waals surface area contributed by atoms with Crippen LogP contribution in [0.15, 0.2) is 48.5 Å². The van der Waals surface area contributed by atoms with Gasteiger partial charge in [0.2, 0.25) is 0 Å². The lowest BCUT2D eigenvalue weighted by Crippen LogP contribution is -2.57. The molecule has 2 atom stereocenters. The highest BCUT2D eigenvalue weighted by Crippen LogP contribution is 2.55. The van der Waals surface area contributed by atoms with E-state index in [-0.39, 0.29) is 11.8 Å². The van der Waals surface area contributed by atoms with Crippen molar-refractivity contribution < 1.29 is 18.6 Å². The molecule has 2 aliphatic heterocycles. The molecule has 2 aromatic rings. The lowest BCUT2D eigenvalue weighted by molar-refractivity contribution is 0.106. The van der Waals surface area contributed by atoms with Crippen LogP contribution in [0.1, 0.15) is 25.3 Å². The molecule has 1 spiro atoms. The molecule has 152 valence electrons. The minimum absolute atomic E-state index is 0.203. The topological polar surface area (TPSA) is 79.2 Å². The van der Waals surface area contributed by atoms with Gasteiger partial charge in [-0.05, 0) is 55.7 Å². The third-order valence-corrected chi connectivity index (χ3v) is 7.45. The van der Waals surface area contributed by atoms with Crippen LogP contribution >= 0.6 is 11.0 Å². The van der Waals surface area contributed by atoms with E-state index in [2.05, 4.69) is 16.5 Å². The van der Waals surface area contributed by atoms with E-state index in [4.69, 9.17) is 0 Å². The quantitative estimate of drug-likeness (QED) is 0.617. The second kappa shape index (κ2) is 7.20. The first-order chi connectivity index (χ1) is 13.3. The summed E-state index contributed by atoms with van der Waals surface area (Å²) in [6.45, 7) is 4.13. The van der Waals surface area contributed by atoms with Crippen molar-refractivity contribution in [3.63, 3.8) is 0 Å². The second-order valence-electron chi connectivity index (χ2n) is 7.78. The number of rotatable bonds is 3. The number of likely N-dealkylation sites (tertiary alicyclic amines) is 1.